The molecule has 20 heavy (non-hydrogen) atoms. The Morgan fingerprint density at radius 3 is 2.70 bits per heavy atom. The monoisotopic (exact) mass is 358 g/mol. The summed E-state index contributed by atoms with van der Waals surface area (Å²) >= 11 is 3.41. The van der Waals surface area contributed by atoms with Crippen LogP contribution in [0.25, 0.3) is 0 Å². The maximum atomic E-state index is 11.9. The van der Waals surface area contributed by atoms with Crippen molar-refractivity contribution < 1.29 is 13.2 Å². The summed E-state index contributed by atoms with van der Waals surface area (Å²) in [5.41, 5.74) is 3.99. The molecule has 1 atom stereocenters. The number of carbonyl (C=O) groups excluding carboxylic acids is 1. The molecule has 1 aliphatic heterocycles. The van der Waals surface area contributed by atoms with Crippen molar-refractivity contribution in [1.82, 2.24) is 5.43 Å². The zero-order valence-corrected chi connectivity index (χ0v) is 13.4. The average Bonchev–Trinajstić information content (AvgIpc) is 2.76. The van der Waals surface area contributed by atoms with Crippen molar-refractivity contribution in [3.05, 3.63) is 34.3 Å². The van der Waals surface area contributed by atoms with E-state index in [0.717, 1.165) is 10.0 Å². The molecule has 108 valence electrons. The highest BCUT2D eigenvalue weighted by molar-refractivity contribution is 9.10. The summed E-state index contributed by atoms with van der Waals surface area (Å²) in [6.07, 6.45) is 0.373. The molecular formula is C13H15BrN2O3S. The van der Waals surface area contributed by atoms with Gasteiger partial charge >= 0.3 is 0 Å². The first-order chi connectivity index (χ1) is 9.39. The predicted octanol–water partition coefficient (Wildman–Crippen LogP) is 1.72. The van der Waals surface area contributed by atoms with Crippen LogP contribution in [0.15, 0.2) is 33.8 Å². The SMILES string of the molecule is C/C(=N/NC(=O)[C@@H]1CCS(=O)(=O)C1)c1ccccc1Br. The summed E-state index contributed by atoms with van der Waals surface area (Å²) in [5, 5.41) is 4.04. The standard InChI is InChI=1S/C13H15BrN2O3S/c1-9(11-4-2-3-5-12(11)14)15-16-13(17)10-6-7-20(18,19)8-10/h2-5,10H,6-8H2,1H3,(H,16,17)/b15-9-/t10-/m1/s1. The third-order valence-corrected chi connectivity index (χ3v) is 5.66. The molecule has 1 N–H and O–H groups in total. The lowest BCUT2D eigenvalue weighted by Gasteiger charge is -2.07. The quantitative estimate of drug-likeness (QED) is 0.660. The second-order valence-corrected chi connectivity index (χ2v) is 7.84. The maximum absolute atomic E-state index is 11.9. The molecule has 5 nitrogen and oxygen atoms in total. The van der Waals surface area contributed by atoms with Crippen molar-refractivity contribution in [1.29, 1.82) is 0 Å². The van der Waals surface area contributed by atoms with Crippen LogP contribution in [-0.4, -0.2) is 31.5 Å². The fourth-order valence-corrected chi connectivity index (χ4v) is 4.36. The van der Waals surface area contributed by atoms with Gasteiger partial charge in [0.15, 0.2) is 9.84 Å². The van der Waals surface area contributed by atoms with Crippen LogP contribution in [0.1, 0.15) is 18.9 Å². The van der Waals surface area contributed by atoms with Crippen molar-refractivity contribution in [3.63, 3.8) is 0 Å². The summed E-state index contributed by atoms with van der Waals surface area (Å²) < 4.78 is 23.5. The minimum absolute atomic E-state index is 0.0809. The van der Waals surface area contributed by atoms with Crippen molar-refractivity contribution in [2.24, 2.45) is 11.0 Å². The minimum atomic E-state index is -3.05. The van der Waals surface area contributed by atoms with Crippen LogP contribution in [0.4, 0.5) is 0 Å². The normalized spacial score (nSPS) is 21.7. The molecule has 2 rings (SSSR count). The number of nitrogens with zero attached hydrogens (tertiary/aromatic N) is 1. The molecule has 0 spiro atoms. The number of nitrogens with one attached hydrogen (secondary N) is 1. The largest absolute Gasteiger partial charge is 0.273 e. The molecule has 7 heteroatoms. The Kier molecular flexibility index (Phi) is 4.59. The lowest BCUT2D eigenvalue weighted by atomic mass is 10.1. The number of hydrogen-bond acceptors (Lipinski definition) is 4. The first-order valence-corrected chi connectivity index (χ1v) is 8.80. The van der Waals surface area contributed by atoms with E-state index in [4.69, 9.17) is 0 Å². The lowest BCUT2D eigenvalue weighted by molar-refractivity contribution is -0.124. The molecule has 1 fully saturated rings. The van der Waals surface area contributed by atoms with E-state index < -0.39 is 15.8 Å². The topological polar surface area (TPSA) is 75.6 Å². The molecule has 1 aliphatic rings. The number of sulfone groups is 1. The van der Waals surface area contributed by atoms with Gasteiger partial charge in [-0.3, -0.25) is 4.79 Å². The van der Waals surface area contributed by atoms with Crippen LogP contribution in [0.5, 0.6) is 0 Å². The molecule has 0 radical (unpaired) electrons. The zero-order chi connectivity index (χ0) is 14.8. The number of hydrazone groups is 1. The third kappa shape index (κ3) is 3.67. The Morgan fingerprint density at radius 1 is 1.40 bits per heavy atom. The van der Waals surface area contributed by atoms with E-state index in [1.54, 1.807) is 6.92 Å². The Bertz CT molecular complexity index is 655. The van der Waals surface area contributed by atoms with Gasteiger partial charge in [-0.1, -0.05) is 34.1 Å². The average molecular weight is 359 g/mol. The lowest BCUT2D eigenvalue weighted by Crippen LogP contribution is -2.28. The van der Waals surface area contributed by atoms with Crippen LogP contribution >= 0.6 is 15.9 Å². The summed E-state index contributed by atoms with van der Waals surface area (Å²) in [5.74, 6) is -0.825. The Morgan fingerprint density at radius 2 is 2.10 bits per heavy atom. The molecule has 0 aromatic heterocycles. The van der Waals surface area contributed by atoms with E-state index in [9.17, 15) is 13.2 Å². The van der Waals surface area contributed by atoms with Gasteiger partial charge in [0, 0.05) is 10.0 Å². The van der Waals surface area contributed by atoms with Crippen molar-refractivity contribution >= 4 is 37.4 Å². The predicted molar refractivity (Wildman–Crippen MR) is 81.3 cm³/mol. The van der Waals surface area contributed by atoms with Gasteiger partial charge in [0.25, 0.3) is 0 Å². The second-order valence-electron chi connectivity index (χ2n) is 4.75. The highest BCUT2D eigenvalue weighted by atomic mass is 79.9. The zero-order valence-electron chi connectivity index (χ0n) is 11.0. The van der Waals surface area contributed by atoms with E-state index in [2.05, 4.69) is 26.5 Å². The number of rotatable bonds is 3. The first kappa shape index (κ1) is 15.2. The van der Waals surface area contributed by atoms with E-state index in [1.807, 2.05) is 24.3 Å². The Hall–Kier alpha value is -1.21. The summed E-state index contributed by atoms with van der Waals surface area (Å²) in [6, 6.07) is 7.54. The molecular weight excluding hydrogens is 344 g/mol. The number of hydrogen-bond donors (Lipinski definition) is 1. The van der Waals surface area contributed by atoms with Crippen molar-refractivity contribution in [3.8, 4) is 0 Å². The third-order valence-electron chi connectivity index (χ3n) is 3.20. The van der Waals surface area contributed by atoms with E-state index in [1.165, 1.54) is 0 Å². The van der Waals surface area contributed by atoms with Gasteiger partial charge in [0.2, 0.25) is 5.91 Å². The highest BCUT2D eigenvalue weighted by Crippen LogP contribution is 2.19. The summed E-state index contributed by atoms with van der Waals surface area (Å²) in [6.45, 7) is 1.78. The van der Waals surface area contributed by atoms with Crippen LogP contribution in [-0.2, 0) is 14.6 Å². The van der Waals surface area contributed by atoms with Gasteiger partial charge in [0.05, 0.1) is 23.1 Å². The number of carbonyl (C=O) groups is 1. The number of benzene rings is 1. The second kappa shape index (κ2) is 6.05. The van der Waals surface area contributed by atoms with Crippen LogP contribution in [0.3, 0.4) is 0 Å². The molecule has 1 aromatic rings. The molecule has 0 saturated carbocycles. The van der Waals surface area contributed by atoms with E-state index >= 15 is 0 Å². The number of amides is 1. The summed E-state index contributed by atoms with van der Waals surface area (Å²) in [7, 11) is -3.05. The van der Waals surface area contributed by atoms with Gasteiger partial charge in [-0.2, -0.15) is 5.10 Å². The van der Waals surface area contributed by atoms with Crippen LogP contribution in [0.2, 0.25) is 0 Å². The van der Waals surface area contributed by atoms with Crippen LogP contribution in [0, 0.1) is 5.92 Å². The summed E-state index contributed by atoms with van der Waals surface area (Å²) in [4.78, 5) is 11.9. The highest BCUT2D eigenvalue weighted by Gasteiger charge is 2.32. The van der Waals surface area contributed by atoms with Crippen molar-refractivity contribution in [2.75, 3.05) is 11.5 Å². The Labute approximate surface area is 126 Å². The molecule has 0 aliphatic carbocycles. The Balaban J connectivity index is 2.03. The van der Waals surface area contributed by atoms with Crippen molar-refractivity contribution in [2.45, 2.75) is 13.3 Å². The smallest absolute Gasteiger partial charge is 0.244 e. The molecule has 0 unspecified atom stereocenters. The number of halogens is 1. The van der Waals surface area contributed by atoms with E-state index in [-0.39, 0.29) is 17.4 Å². The molecule has 1 saturated heterocycles. The minimum Gasteiger partial charge on any atom is -0.273 e. The first-order valence-electron chi connectivity index (χ1n) is 6.18. The van der Waals surface area contributed by atoms with Gasteiger partial charge in [0.1, 0.15) is 0 Å². The fourth-order valence-electron chi connectivity index (χ4n) is 2.05. The van der Waals surface area contributed by atoms with Gasteiger partial charge in [-0.25, -0.2) is 13.8 Å². The fraction of sp³-hybridized carbons (Fsp3) is 0.385. The molecule has 1 heterocycles. The van der Waals surface area contributed by atoms with Gasteiger partial charge < -0.3 is 0 Å². The molecule has 1 aromatic carbocycles. The van der Waals surface area contributed by atoms with E-state index in [0.29, 0.717) is 12.1 Å². The van der Waals surface area contributed by atoms with Crippen LogP contribution < -0.4 is 5.43 Å². The van der Waals surface area contributed by atoms with Gasteiger partial charge in [-0.05, 0) is 19.4 Å². The van der Waals surface area contributed by atoms with Gasteiger partial charge in [-0.15, -0.1) is 0 Å². The molecule has 0 bridgehead atoms. The molecule has 1 amide bonds. The maximum Gasteiger partial charge on any atom is 0.244 e.